The van der Waals surface area contributed by atoms with Crippen LogP contribution in [0.5, 0.6) is 5.75 Å². The zero-order valence-corrected chi connectivity index (χ0v) is 12.8. The third-order valence-electron chi connectivity index (χ3n) is 2.75. The normalized spacial score (nSPS) is 9.95. The van der Waals surface area contributed by atoms with Gasteiger partial charge in [-0.15, -0.1) is 0 Å². The zero-order valence-electron chi connectivity index (χ0n) is 12.0. The average molecular weight is 320 g/mol. The standard InChI is InChI=1S/C15H14ClN3O3/c1-9-4-3-5-13(17-9)19-15(21)14(20)18-10-6-7-12(22-2)11(16)8-10/h3-8H,1-2H3,(H,18,20)(H,17,19,21). The molecule has 1 aromatic carbocycles. The molecular weight excluding hydrogens is 306 g/mol. The van der Waals surface area contributed by atoms with E-state index in [0.717, 1.165) is 5.69 Å². The fraction of sp³-hybridized carbons (Fsp3) is 0.133. The maximum atomic E-state index is 11.8. The van der Waals surface area contributed by atoms with Gasteiger partial charge in [-0.3, -0.25) is 9.59 Å². The minimum Gasteiger partial charge on any atom is -0.495 e. The van der Waals surface area contributed by atoms with Crippen LogP contribution in [0.4, 0.5) is 11.5 Å². The fourth-order valence-electron chi connectivity index (χ4n) is 1.72. The van der Waals surface area contributed by atoms with Crippen LogP contribution in [-0.2, 0) is 9.59 Å². The first-order chi connectivity index (χ1) is 10.5. The molecule has 0 saturated carbocycles. The topological polar surface area (TPSA) is 80.3 Å². The highest BCUT2D eigenvalue weighted by Crippen LogP contribution is 2.27. The highest BCUT2D eigenvalue weighted by molar-refractivity contribution is 6.43. The second-order valence-corrected chi connectivity index (χ2v) is 4.83. The Labute approximate surface area is 132 Å². The third-order valence-corrected chi connectivity index (χ3v) is 3.04. The van der Waals surface area contributed by atoms with E-state index in [0.29, 0.717) is 22.3 Å². The summed E-state index contributed by atoms with van der Waals surface area (Å²) in [4.78, 5) is 27.7. The number of amides is 2. The molecule has 0 saturated heterocycles. The van der Waals surface area contributed by atoms with Gasteiger partial charge >= 0.3 is 11.8 Å². The number of methoxy groups -OCH3 is 1. The quantitative estimate of drug-likeness (QED) is 0.852. The molecule has 114 valence electrons. The van der Waals surface area contributed by atoms with Crippen molar-refractivity contribution in [3.63, 3.8) is 0 Å². The average Bonchev–Trinajstić information content (AvgIpc) is 2.47. The lowest BCUT2D eigenvalue weighted by Crippen LogP contribution is -2.29. The number of pyridine rings is 1. The largest absolute Gasteiger partial charge is 0.495 e. The predicted octanol–water partition coefficient (Wildman–Crippen LogP) is 2.63. The molecule has 2 aromatic rings. The van der Waals surface area contributed by atoms with Crippen molar-refractivity contribution in [3.05, 3.63) is 47.1 Å². The number of carbonyl (C=O) groups is 2. The van der Waals surface area contributed by atoms with Crippen LogP contribution in [0, 0.1) is 6.92 Å². The van der Waals surface area contributed by atoms with Crippen molar-refractivity contribution in [2.75, 3.05) is 17.7 Å². The summed E-state index contributed by atoms with van der Waals surface area (Å²) in [5.41, 5.74) is 1.13. The number of aromatic nitrogens is 1. The van der Waals surface area contributed by atoms with Crippen LogP contribution in [0.3, 0.4) is 0 Å². The van der Waals surface area contributed by atoms with Crippen molar-refractivity contribution < 1.29 is 14.3 Å². The fourth-order valence-corrected chi connectivity index (χ4v) is 1.98. The van der Waals surface area contributed by atoms with Gasteiger partial charge in [0, 0.05) is 11.4 Å². The number of halogens is 1. The number of hydrogen-bond donors (Lipinski definition) is 2. The maximum absolute atomic E-state index is 11.8. The smallest absolute Gasteiger partial charge is 0.315 e. The lowest BCUT2D eigenvalue weighted by molar-refractivity contribution is -0.133. The number of rotatable bonds is 3. The van der Waals surface area contributed by atoms with Gasteiger partial charge in [-0.1, -0.05) is 17.7 Å². The lowest BCUT2D eigenvalue weighted by atomic mass is 10.3. The molecule has 6 nitrogen and oxygen atoms in total. The predicted molar refractivity (Wildman–Crippen MR) is 84.2 cm³/mol. The number of ether oxygens (including phenoxy) is 1. The Kier molecular flexibility index (Phi) is 4.95. The number of hydrogen-bond acceptors (Lipinski definition) is 4. The number of benzene rings is 1. The summed E-state index contributed by atoms with van der Waals surface area (Å²) in [5.74, 6) is -0.837. The number of nitrogens with zero attached hydrogens (tertiary/aromatic N) is 1. The SMILES string of the molecule is COc1ccc(NC(=O)C(=O)Nc2cccc(C)n2)cc1Cl. The van der Waals surface area contributed by atoms with Gasteiger partial charge < -0.3 is 15.4 Å². The number of nitrogens with one attached hydrogen (secondary N) is 2. The van der Waals surface area contributed by atoms with Crippen molar-refractivity contribution in [3.8, 4) is 5.75 Å². The van der Waals surface area contributed by atoms with E-state index in [1.54, 1.807) is 37.3 Å². The molecule has 0 radical (unpaired) electrons. The van der Waals surface area contributed by atoms with Gasteiger partial charge in [-0.05, 0) is 37.3 Å². The molecule has 0 unspecified atom stereocenters. The molecule has 0 aliphatic carbocycles. The summed E-state index contributed by atoms with van der Waals surface area (Å²) in [6, 6.07) is 9.80. The first-order valence-electron chi connectivity index (χ1n) is 6.39. The van der Waals surface area contributed by atoms with Crippen LogP contribution in [0.1, 0.15) is 5.69 Å². The highest BCUT2D eigenvalue weighted by atomic mass is 35.5. The Morgan fingerprint density at radius 1 is 1.14 bits per heavy atom. The molecule has 2 rings (SSSR count). The molecule has 0 atom stereocenters. The van der Waals surface area contributed by atoms with Crippen LogP contribution in [0.25, 0.3) is 0 Å². The summed E-state index contributed by atoms with van der Waals surface area (Å²) < 4.78 is 5.01. The van der Waals surface area contributed by atoms with Crippen molar-refractivity contribution in [2.24, 2.45) is 0 Å². The molecule has 1 heterocycles. The van der Waals surface area contributed by atoms with E-state index < -0.39 is 11.8 Å². The Morgan fingerprint density at radius 3 is 2.50 bits per heavy atom. The van der Waals surface area contributed by atoms with Crippen molar-refractivity contribution in [1.29, 1.82) is 0 Å². The third kappa shape index (κ3) is 3.95. The van der Waals surface area contributed by atoms with Gasteiger partial charge in [0.25, 0.3) is 0 Å². The van der Waals surface area contributed by atoms with Gasteiger partial charge in [-0.25, -0.2) is 4.98 Å². The van der Waals surface area contributed by atoms with Gasteiger partial charge in [-0.2, -0.15) is 0 Å². The van der Waals surface area contributed by atoms with Gasteiger partial charge in [0.2, 0.25) is 0 Å². The maximum Gasteiger partial charge on any atom is 0.315 e. The summed E-state index contributed by atoms with van der Waals surface area (Å²) in [6.07, 6.45) is 0. The molecule has 1 aromatic heterocycles. The van der Waals surface area contributed by atoms with E-state index in [1.165, 1.54) is 13.2 Å². The molecule has 0 fully saturated rings. The van der Waals surface area contributed by atoms with E-state index in [1.807, 2.05) is 0 Å². The molecule has 2 N–H and O–H groups in total. The summed E-state index contributed by atoms with van der Waals surface area (Å²) in [5, 5.41) is 5.20. The number of anilines is 2. The number of carbonyl (C=O) groups excluding carboxylic acids is 2. The highest BCUT2D eigenvalue weighted by Gasteiger charge is 2.15. The Hall–Kier alpha value is -2.60. The van der Waals surface area contributed by atoms with Crippen molar-refractivity contribution in [1.82, 2.24) is 4.98 Å². The lowest BCUT2D eigenvalue weighted by Gasteiger charge is -2.08. The second-order valence-electron chi connectivity index (χ2n) is 4.42. The number of aryl methyl sites for hydroxylation is 1. The molecule has 0 aliphatic rings. The Balaban J connectivity index is 2.02. The van der Waals surface area contributed by atoms with Gasteiger partial charge in [0.15, 0.2) is 0 Å². The minimum atomic E-state index is -0.815. The minimum absolute atomic E-state index is 0.313. The Morgan fingerprint density at radius 2 is 1.86 bits per heavy atom. The summed E-state index contributed by atoms with van der Waals surface area (Å²) >= 11 is 5.95. The van der Waals surface area contributed by atoms with E-state index in [2.05, 4.69) is 15.6 Å². The molecule has 22 heavy (non-hydrogen) atoms. The van der Waals surface area contributed by atoms with Gasteiger partial charge in [0.05, 0.1) is 12.1 Å². The molecule has 0 spiro atoms. The molecular formula is C15H14ClN3O3. The van der Waals surface area contributed by atoms with Crippen LogP contribution in [0.15, 0.2) is 36.4 Å². The van der Waals surface area contributed by atoms with E-state index in [9.17, 15) is 9.59 Å². The first kappa shape index (κ1) is 15.8. The van der Waals surface area contributed by atoms with Crippen LogP contribution < -0.4 is 15.4 Å². The monoisotopic (exact) mass is 319 g/mol. The van der Waals surface area contributed by atoms with E-state index in [-0.39, 0.29) is 0 Å². The van der Waals surface area contributed by atoms with E-state index in [4.69, 9.17) is 16.3 Å². The first-order valence-corrected chi connectivity index (χ1v) is 6.77. The summed E-state index contributed by atoms with van der Waals surface area (Å²) in [6.45, 7) is 1.79. The summed E-state index contributed by atoms with van der Waals surface area (Å²) in [7, 11) is 1.49. The Bertz CT molecular complexity index is 719. The van der Waals surface area contributed by atoms with Crippen molar-refractivity contribution >= 4 is 34.9 Å². The van der Waals surface area contributed by atoms with Crippen molar-refractivity contribution in [2.45, 2.75) is 6.92 Å². The molecule has 7 heteroatoms. The zero-order chi connectivity index (χ0) is 16.1. The molecule has 0 bridgehead atoms. The van der Waals surface area contributed by atoms with Gasteiger partial charge in [0.1, 0.15) is 11.6 Å². The van der Waals surface area contributed by atoms with Crippen LogP contribution in [0.2, 0.25) is 5.02 Å². The molecule has 2 amide bonds. The van der Waals surface area contributed by atoms with E-state index >= 15 is 0 Å². The van der Waals surface area contributed by atoms with Crippen LogP contribution in [-0.4, -0.2) is 23.9 Å². The molecule has 0 aliphatic heterocycles. The van der Waals surface area contributed by atoms with Crippen LogP contribution >= 0.6 is 11.6 Å². The second kappa shape index (κ2) is 6.91.